The molecule has 1 heterocycles. The van der Waals surface area contributed by atoms with Crippen LogP contribution in [-0.2, 0) is 11.8 Å². The average Bonchev–Trinajstić information content (AvgIpc) is 4.03. The van der Waals surface area contributed by atoms with E-state index in [1.165, 1.54) is 55.6 Å². The van der Waals surface area contributed by atoms with Crippen LogP contribution in [0.5, 0.6) is 0 Å². The van der Waals surface area contributed by atoms with Crippen LogP contribution in [0.2, 0.25) is 0 Å². The van der Waals surface area contributed by atoms with Gasteiger partial charge in [0.1, 0.15) is 11.2 Å². The molecule has 9 aromatic carbocycles. The van der Waals surface area contributed by atoms with E-state index in [9.17, 15) is 10.5 Å². The van der Waals surface area contributed by atoms with Gasteiger partial charge in [-0.3, -0.25) is 0 Å². The van der Waals surface area contributed by atoms with Crippen molar-refractivity contribution in [3.8, 4) is 34.4 Å². The van der Waals surface area contributed by atoms with Crippen LogP contribution in [0, 0.1) is 36.5 Å². The zero-order valence-electron chi connectivity index (χ0n) is 37.6. The smallest absolute Gasteiger partial charge is 0.145 e. The molecular weight excluding hydrogens is 829 g/mol. The third-order valence-electron chi connectivity index (χ3n) is 14.5. The van der Waals surface area contributed by atoms with Gasteiger partial charge in [0.2, 0.25) is 0 Å². The first-order valence-electron chi connectivity index (χ1n) is 23.3. The van der Waals surface area contributed by atoms with Crippen LogP contribution in [0.3, 0.4) is 0 Å². The highest BCUT2D eigenvalue weighted by Gasteiger charge is 2.54. The van der Waals surface area contributed by atoms with Crippen molar-refractivity contribution in [3.63, 3.8) is 0 Å². The van der Waals surface area contributed by atoms with Gasteiger partial charge in [0.25, 0.3) is 0 Å². The molecule has 0 amide bonds. The Kier molecular flexibility index (Phi) is 8.75. The summed E-state index contributed by atoms with van der Waals surface area (Å²) in [5.41, 5.74) is 22.6. The number of para-hydroxylation sites is 1. The second-order valence-corrected chi connectivity index (χ2v) is 18.3. The van der Waals surface area contributed by atoms with Gasteiger partial charge in [-0.2, -0.15) is 10.5 Å². The third kappa shape index (κ3) is 5.60. The monoisotopic (exact) mass is 870 g/mol. The molecule has 0 saturated heterocycles. The fourth-order valence-corrected chi connectivity index (χ4v) is 11.5. The molecule has 320 valence electrons. The zero-order valence-corrected chi connectivity index (χ0v) is 37.6. The number of allylic oxidation sites excluding steroid dienone is 1. The molecule has 0 fully saturated rings. The lowest BCUT2D eigenvalue weighted by atomic mass is 9.69. The van der Waals surface area contributed by atoms with Gasteiger partial charge >= 0.3 is 0 Å². The number of anilines is 6. The van der Waals surface area contributed by atoms with Crippen molar-refractivity contribution in [3.05, 3.63) is 244 Å². The largest absolute Gasteiger partial charge is 0.455 e. The predicted molar refractivity (Wildman–Crippen MR) is 276 cm³/mol. The number of fused-ring (bicyclic) bond motifs is 16. The minimum Gasteiger partial charge on any atom is -0.455 e. The summed E-state index contributed by atoms with van der Waals surface area (Å²) in [7, 11) is 0. The topological polar surface area (TPSA) is 67.2 Å². The van der Waals surface area contributed by atoms with E-state index in [0.29, 0.717) is 11.1 Å². The summed E-state index contributed by atoms with van der Waals surface area (Å²) < 4.78 is 7.36. The number of hydrogen-bond donors (Lipinski definition) is 0. The molecule has 0 radical (unpaired) electrons. The average molecular weight is 871 g/mol. The van der Waals surface area contributed by atoms with E-state index in [1.807, 2.05) is 24.3 Å². The van der Waals surface area contributed by atoms with E-state index in [0.717, 1.165) is 80.0 Å². The van der Waals surface area contributed by atoms with Crippen molar-refractivity contribution < 1.29 is 4.42 Å². The molecule has 3 aliphatic carbocycles. The van der Waals surface area contributed by atoms with Gasteiger partial charge in [-0.25, -0.2) is 0 Å². The number of aryl methyl sites for hydroxylation is 2. The van der Waals surface area contributed by atoms with Crippen LogP contribution < -0.4 is 9.80 Å². The molecule has 0 bridgehead atoms. The van der Waals surface area contributed by atoms with Crippen molar-refractivity contribution >= 4 is 62.1 Å². The van der Waals surface area contributed by atoms with E-state index in [-0.39, 0.29) is 0 Å². The highest BCUT2D eigenvalue weighted by Crippen LogP contribution is 2.67. The molecule has 0 saturated carbocycles. The first-order valence-corrected chi connectivity index (χ1v) is 23.3. The number of rotatable bonds is 6. The van der Waals surface area contributed by atoms with Crippen molar-refractivity contribution in [1.82, 2.24) is 0 Å². The van der Waals surface area contributed by atoms with Crippen LogP contribution >= 0.6 is 0 Å². The van der Waals surface area contributed by atoms with E-state index in [2.05, 4.69) is 206 Å². The highest BCUT2D eigenvalue weighted by atomic mass is 16.3. The van der Waals surface area contributed by atoms with Gasteiger partial charge in [-0.05, 0) is 168 Å². The third-order valence-corrected chi connectivity index (χ3v) is 14.5. The fraction of sp³-hybridized carbons (Fsp3) is 0.0794. The van der Waals surface area contributed by atoms with Gasteiger partial charge in [-0.15, -0.1) is 0 Å². The van der Waals surface area contributed by atoms with Crippen LogP contribution in [0.25, 0.3) is 50.3 Å². The molecule has 0 unspecified atom stereocenters. The van der Waals surface area contributed by atoms with E-state index < -0.39 is 5.41 Å². The molecule has 1 aromatic heterocycles. The van der Waals surface area contributed by atoms with E-state index in [4.69, 9.17) is 4.42 Å². The van der Waals surface area contributed by atoms with Crippen LogP contribution in [-0.4, -0.2) is 0 Å². The Morgan fingerprint density at radius 3 is 1.57 bits per heavy atom. The van der Waals surface area contributed by atoms with E-state index >= 15 is 0 Å². The van der Waals surface area contributed by atoms with Crippen LogP contribution in [0.1, 0.15) is 62.1 Å². The molecule has 5 nitrogen and oxygen atoms in total. The van der Waals surface area contributed by atoms with Gasteiger partial charge in [0.15, 0.2) is 0 Å². The maximum absolute atomic E-state index is 9.94. The molecular formula is C63H42N4O. The minimum atomic E-state index is -0.762. The maximum atomic E-state index is 9.94. The zero-order chi connectivity index (χ0) is 45.7. The standard InChI is InChI=1S/C63H42N4O/c1-39-19-27-43(28-20-39)66(45-31-23-41(37-64)24-32-45)56-35-54-59(50-14-4-3-13-49(50)56)61-55(63(54)52-16-8-5-11-47(52)48-12-6-9-17-53(48)63)36-57(60-51-15-7-10-18-58(51)68-62(60)61)67(44-29-21-40(2)22-30-44)46-33-25-42(38-65)26-34-46/h4-12,14-36H,3,13H2,1-2H3. The quantitative estimate of drug-likeness (QED) is 0.166. The van der Waals surface area contributed by atoms with Gasteiger partial charge in [0, 0.05) is 33.7 Å². The van der Waals surface area contributed by atoms with Crippen molar-refractivity contribution in [2.75, 3.05) is 9.80 Å². The first kappa shape index (κ1) is 39.5. The summed E-state index contributed by atoms with van der Waals surface area (Å²) in [5.74, 6) is 0. The number of nitriles is 2. The normalized spacial score (nSPS) is 13.4. The van der Waals surface area contributed by atoms with Gasteiger partial charge in [0.05, 0.1) is 45.4 Å². The minimum absolute atomic E-state index is 0.605. The van der Waals surface area contributed by atoms with Crippen molar-refractivity contribution in [1.29, 1.82) is 10.5 Å². The SMILES string of the molecule is Cc1ccc(N(c2ccc(C#N)cc2)c2cc3c(c4c2CCC=C4)-c2c(cc(N(c4ccc(C)cc4)c4ccc(C#N)cc4)c4c2oc2ccccc24)C32c3ccccc3-c3ccccc32)cc1. The molecule has 0 N–H and O–H groups in total. The number of benzene rings is 9. The number of hydrogen-bond acceptors (Lipinski definition) is 5. The molecule has 0 atom stereocenters. The lowest BCUT2D eigenvalue weighted by Gasteiger charge is -2.35. The second-order valence-electron chi connectivity index (χ2n) is 18.3. The van der Waals surface area contributed by atoms with Crippen molar-refractivity contribution in [2.45, 2.75) is 32.1 Å². The van der Waals surface area contributed by atoms with Gasteiger partial charge in [-0.1, -0.05) is 114 Å². The summed E-state index contributed by atoms with van der Waals surface area (Å²) in [5, 5.41) is 21.9. The van der Waals surface area contributed by atoms with Gasteiger partial charge < -0.3 is 14.2 Å². The molecule has 13 rings (SSSR count). The molecule has 10 aromatic rings. The maximum Gasteiger partial charge on any atom is 0.145 e. The Hall–Kier alpha value is -8.90. The Balaban J connectivity index is 1.21. The highest BCUT2D eigenvalue weighted by molar-refractivity contribution is 6.20. The van der Waals surface area contributed by atoms with Crippen molar-refractivity contribution in [2.24, 2.45) is 0 Å². The second kappa shape index (κ2) is 15.1. The predicted octanol–water partition coefficient (Wildman–Crippen LogP) is 16.2. The Labute approximate surface area is 395 Å². The molecule has 1 spiro atoms. The molecule has 5 heteroatoms. The van der Waals surface area contributed by atoms with Crippen LogP contribution in [0.15, 0.2) is 192 Å². The number of furan rings is 1. The Morgan fingerprint density at radius 1 is 0.515 bits per heavy atom. The summed E-state index contributed by atoms with van der Waals surface area (Å²) >= 11 is 0. The summed E-state index contributed by atoms with van der Waals surface area (Å²) in [6, 6.07) is 69.4. The lowest BCUT2D eigenvalue weighted by molar-refractivity contribution is 0.669. The number of nitrogens with zero attached hydrogens (tertiary/aromatic N) is 4. The summed E-state index contributed by atoms with van der Waals surface area (Å²) in [6.45, 7) is 4.25. The Morgan fingerprint density at radius 2 is 1.00 bits per heavy atom. The lowest BCUT2D eigenvalue weighted by Crippen LogP contribution is -2.27. The van der Waals surface area contributed by atoms with Crippen LogP contribution in [0.4, 0.5) is 34.1 Å². The molecule has 3 aliphatic rings. The van der Waals surface area contributed by atoms with E-state index in [1.54, 1.807) is 0 Å². The summed E-state index contributed by atoms with van der Waals surface area (Å²) in [6.07, 6.45) is 6.46. The fourth-order valence-electron chi connectivity index (χ4n) is 11.5. The molecule has 0 aliphatic heterocycles. The first-order chi connectivity index (χ1) is 33.5. The summed E-state index contributed by atoms with van der Waals surface area (Å²) in [4.78, 5) is 4.74. The molecule has 68 heavy (non-hydrogen) atoms. The Bertz CT molecular complexity index is 3780.